The Kier molecular flexibility index (Phi) is 5.60. The van der Waals surface area contributed by atoms with E-state index in [2.05, 4.69) is 73.7 Å². The molecular weight excluding hydrogens is 434 g/mol. The summed E-state index contributed by atoms with van der Waals surface area (Å²) in [4.78, 5) is 15.5. The van der Waals surface area contributed by atoms with Crippen LogP contribution in [0, 0.1) is 6.92 Å². The summed E-state index contributed by atoms with van der Waals surface area (Å²) in [6, 6.07) is 23.4. The van der Waals surface area contributed by atoms with E-state index in [0.29, 0.717) is 6.61 Å². The van der Waals surface area contributed by atoms with Gasteiger partial charge in [0, 0.05) is 12.0 Å². The van der Waals surface area contributed by atoms with Crippen molar-refractivity contribution in [2.24, 2.45) is 0 Å². The van der Waals surface area contributed by atoms with Gasteiger partial charge in [0.25, 0.3) is 0 Å². The van der Waals surface area contributed by atoms with E-state index >= 15 is 0 Å². The minimum Gasteiger partial charge on any atom is -0.497 e. The van der Waals surface area contributed by atoms with E-state index < -0.39 is 0 Å². The van der Waals surface area contributed by atoms with Gasteiger partial charge in [-0.15, -0.1) is 0 Å². The van der Waals surface area contributed by atoms with Crippen molar-refractivity contribution in [3.05, 3.63) is 95.1 Å². The van der Waals surface area contributed by atoms with E-state index in [9.17, 15) is 4.79 Å². The number of ether oxygens (including phenoxy) is 2. The van der Waals surface area contributed by atoms with E-state index in [1.54, 1.807) is 7.11 Å². The summed E-state index contributed by atoms with van der Waals surface area (Å²) >= 11 is 0. The molecule has 1 fully saturated rings. The van der Waals surface area contributed by atoms with Crippen LogP contribution in [0.2, 0.25) is 0 Å². The Morgan fingerprint density at radius 1 is 0.943 bits per heavy atom. The number of rotatable bonds is 4. The zero-order valence-corrected chi connectivity index (χ0v) is 20.4. The monoisotopic (exact) mass is 465 g/mol. The largest absolute Gasteiger partial charge is 0.497 e. The van der Waals surface area contributed by atoms with Gasteiger partial charge < -0.3 is 9.47 Å². The zero-order chi connectivity index (χ0) is 23.9. The molecule has 1 aliphatic carbocycles. The van der Waals surface area contributed by atoms with Crippen LogP contribution in [-0.4, -0.2) is 36.8 Å². The van der Waals surface area contributed by atoms with E-state index in [1.165, 1.54) is 39.0 Å². The van der Waals surface area contributed by atoms with Crippen LogP contribution >= 0.6 is 0 Å². The highest BCUT2D eigenvalue weighted by atomic mass is 16.6. The maximum absolute atomic E-state index is 13.5. The summed E-state index contributed by atoms with van der Waals surface area (Å²) in [5.74, 6) is 0.956. The Hall–Kier alpha value is -3.53. The van der Waals surface area contributed by atoms with Crippen molar-refractivity contribution in [2.75, 3.05) is 13.7 Å². The second kappa shape index (κ2) is 8.92. The van der Waals surface area contributed by atoms with Crippen molar-refractivity contribution in [2.45, 2.75) is 50.6 Å². The van der Waals surface area contributed by atoms with Gasteiger partial charge in [0.15, 0.2) is 0 Å². The number of nitrogens with zero attached hydrogens (tertiary/aromatic N) is 1. The molecule has 35 heavy (non-hydrogen) atoms. The highest BCUT2D eigenvalue weighted by Crippen LogP contribution is 2.45. The van der Waals surface area contributed by atoms with Crippen molar-refractivity contribution in [1.82, 2.24) is 4.90 Å². The van der Waals surface area contributed by atoms with Crippen LogP contribution in [0.15, 0.2) is 72.8 Å². The fraction of sp³-hybridized carbons (Fsp3) is 0.323. The van der Waals surface area contributed by atoms with Crippen molar-refractivity contribution in [1.29, 1.82) is 0 Å². The Balaban J connectivity index is 1.23. The molecular formula is C31H31NO3. The molecule has 1 saturated heterocycles. The summed E-state index contributed by atoms with van der Waals surface area (Å²) in [7, 11) is 1.71. The zero-order valence-electron chi connectivity index (χ0n) is 20.4. The summed E-state index contributed by atoms with van der Waals surface area (Å²) in [6.45, 7) is 2.51. The normalized spacial score (nSPS) is 20.6. The summed E-state index contributed by atoms with van der Waals surface area (Å²) in [5.41, 5.74) is 8.78. The molecule has 4 heteroatoms. The minimum absolute atomic E-state index is 0.0822. The number of hydrogen-bond acceptors (Lipinski definition) is 3. The first-order valence-corrected chi connectivity index (χ1v) is 12.6. The third-order valence-electron chi connectivity index (χ3n) is 7.97. The molecule has 2 heterocycles. The van der Waals surface area contributed by atoms with Crippen molar-refractivity contribution in [3.63, 3.8) is 0 Å². The van der Waals surface area contributed by atoms with Gasteiger partial charge in [-0.3, -0.25) is 4.90 Å². The second-order valence-corrected chi connectivity index (χ2v) is 9.94. The molecule has 2 atom stereocenters. The first kappa shape index (κ1) is 22.0. The molecule has 0 aromatic heterocycles. The van der Waals surface area contributed by atoms with Gasteiger partial charge in [0.05, 0.1) is 13.2 Å². The molecule has 0 saturated carbocycles. The number of hydrogen-bond donors (Lipinski definition) is 0. The van der Waals surface area contributed by atoms with Gasteiger partial charge >= 0.3 is 6.09 Å². The number of aryl methyl sites for hydroxylation is 1. The number of carbonyl (C=O) groups excluding carboxylic acids is 1. The Bertz CT molecular complexity index is 1260. The average Bonchev–Trinajstić information content (AvgIpc) is 3.20. The lowest BCUT2D eigenvalue weighted by Crippen LogP contribution is -2.51. The highest BCUT2D eigenvalue weighted by molar-refractivity contribution is 5.79. The Labute approximate surface area is 207 Å². The van der Waals surface area contributed by atoms with Crippen LogP contribution < -0.4 is 4.74 Å². The van der Waals surface area contributed by atoms with Crippen LogP contribution in [0.3, 0.4) is 0 Å². The minimum atomic E-state index is -0.181. The molecule has 4 nitrogen and oxygen atoms in total. The maximum atomic E-state index is 13.5. The van der Waals surface area contributed by atoms with Crippen LogP contribution in [-0.2, 0) is 4.74 Å². The topological polar surface area (TPSA) is 38.8 Å². The molecule has 3 aromatic carbocycles. The molecule has 0 radical (unpaired) electrons. The maximum Gasteiger partial charge on any atom is 0.410 e. The molecule has 2 aliphatic heterocycles. The molecule has 0 spiro atoms. The lowest BCUT2D eigenvalue weighted by molar-refractivity contribution is 0.0539. The number of methoxy groups -OCH3 is 1. The number of carbonyl (C=O) groups is 1. The highest BCUT2D eigenvalue weighted by Gasteiger charge is 2.39. The van der Waals surface area contributed by atoms with Crippen molar-refractivity contribution >= 4 is 11.7 Å². The van der Waals surface area contributed by atoms with Gasteiger partial charge in [-0.25, -0.2) is 4.79 Å². The van der Waals surface area contributed by atoms with Crippen LogP contribution in [0.25, 0.3) is 16.7 Å². The number of piperidine rings is 1. The molecule has 3 aromatic rings. The average molecular weight is 466 g/mol. The van der Waals surface area contributed by atoms with E-state index in [0.717, 1.165) is 31.4 Å². The van der Waals surface area contributed by atoms with E-state index in [4.69, 9.17) is 9.47 Å². The third-order valence-corrected chi connectivity index (χ3v) is 7.97. The Morgan fingerprint density at radius 2 is 1.66 bits per heavy atom. The molecule has 2 unspecified atom stereocenters. The van der Waals surface area contributed by atoms with Crippen LogP contribution in [0.5, 0.6) is 5.75 Å². The summed E-state index contributed by atoms with van der Waals surface area (Å²) < 4.78 is 11.5. The van der Waals surface area contributed by atoms with Crippen molar-refractivity contribution < 1.29 is 14.3 Å². The lowest BCUT2D eigenvalue weighted by Gasteiger charge is -2.44. The fourth-order valence-corrected chi connectivity index (χ4v) is 6.26. The SMILES string of the molecule is COc1ccc(C)c(C2=CC3CCCC(C2)N3C(=O)OCC2c3ccccc3-c3ccccc32)c1. The smallest absolute Gasteiger partial charge is 0.410 e. The van der Waals surface area contributed by atoms with Gasteiger partial charge in [0.1, 0.15) is 12.4 Å². The fourth-order valence-electron chi connectivity index (χ4n) is 6.26. The molecule has 1 amide bonds. The van der Waals surface area contributed by atoms with Crippen LogP contribution in [0.4, 0.5) is 4.79 Å². The van der Waals surface area contributed by atoms with Gasteiger partial charge in [0.2, 0.25) is 0 Å². The molecule has 6 rings (SSSR count). The second-order valence-electron chi connectivity index (χ2n) is 9.94. The summed E-state index contributed by atoms with van der Waals surface area (Å²) in [6.07, 6.45) is 6.10. The first-order chi connectivity index (χ1) is 17.1. The first-order valence-electron chi connectivity index (χ1n) is 12.6. The Morgan fingerprint density at radius 3 is 2.34 bits per heavy atom. The quantitative estimate of drug-likeness (QED) is 0.418. The number of benzene rings is 3. The van der Waals surface area contributed by atoms with Crippen LogP contribution in [0.1, 0.15) is 53.9 Å². The van der Waals surface area contributed by atoms with Gasteiger partial charge in [-0.1, -0.05) is 60.7 Å². The number of fused-ring (bicyclic) bond motifs is 5. The molecule has 2 bridgehead atoms. The predicted octanol–water partition coefficient (Wildman–Crippen LogP) is 6.96. The predicted molar refractivity (Wildman–Crippen MR) is 139 cm³/mol. The van der Waals surface area contributed by atoms with E-state index in [1.807, 2.05) is 11.0 Å². The standard InChI is InChI=1S/C31H31NO3/c1-20-14-15-24(34-2)18-29(20)21-16-22-8-7-9-23(17-21)32(22)31(33)35-19-30-27-12-5-3-10-25(27)26-11-4-6-13-28(26)30/h3-6,10-16,18,22-23,30H,7-9,17,19H2,1-2H3. The molecule has 3 aliphatic rings. The third kappa shape index (κ3) is 3.81. The van der Waals surface area contributed by atoms with Gasteiger partial charge in [-0.2, -0.15) is 0 Å². The lowest BCUT2D eigenvalue weighted by atomic mass is 9.82. The molecule has 0 N–H and O–H groups in total. The van der Waals surface area contributed by atoms with Gasteiger partial charge in [-0.05, 0) is 83.7 Å². The molecule has 178 valence electrons. The van der Waals surface area contributed by atoms with Crippen molar-refractivity contribution in [3.8, 4) is 16.9 Å². The number of amides is 1. The van der Waals surface area contributed by atoms with E-state index in [-0.39, 0.29) is 24.1 Å². The summed E-state index contributed by atoms with van der Waals surface area (Å²) in [5, 5.41) is 0.